The third kappa shape index (κ3) is 2.70. The molecule has 0 spiro atoms. The van der Waals surface area contributed by atoms with Crippen LogP contribution in [0.5, 0.6) is 5.75 Å². The van der Waals surface area contributed by atoms with Crippen molar-refractivity contribution in [2.24, 2.45) is 0 Å². The fourth-order valence-electron chi connectivity index (χ4n) is 3.15. The quantitative estimate of drug-likeness (QED) is 0.531. The summed E-state index contributed by atoms with van der Waals surface area (Å²) in [7, 11) is 1.64. The van der Waals surface area contributed by atoms with Crippen LogP contribution in [0.1, 0.15) is 15.9 Å². The maximum atomic E-state index is 13.2. The Labute approximate surface area is 145 Å². The molecule has 4 rings (SSSR count). The Morgan fingerprint density at radius 3 is 2.56 bits per heavy atom. The van der Waals surface area contributed by atoms with Gasteiger partial charge < -0.3 is 9.72 Å². The van der Waals surface area contributed by atoms with Crippen molar-refractivity contribution in [1.82, 2.24) is 4.98 Å². The minimum absolute atomic E-state index is 0.0101. The molecular weight excluding hydrogens is 310 g/mol. The summed E-state index contributed by atoms with van der Waals surface area (Å²) in [5.74, 6) is 0.776. The SMILES string of the molecule is COc1cccc(-c2c[nH]cc2C(=O)c2cccc3ccccc23)c1. The molecule has 1 aromatic heterocycles. The number of benzene rings is 3. The van der Waals surface area contributed by atoms with E-state index >= 15 is 0 Å². The number of rotatable bonds is 4. The molecule has 0 fully saturated rings. The predicted octanol–water partition coefficient (Wildman–Crippen LogP) is 5.07. The predicted molar refractivity (Wildman–Crippen MR) is 100 cm³/mol. The molecule has 25 heavy (non-hydrogen) atoms. The molecule has 0 atom stereocenters. The first-order chi connectivity index (χ1) is 12.3. The Hall–Kier alpha value is -3.33. The molecule has 0 aliphatic rings. The van der Waals surface area contributed by atoms with E-state index in [-0.39, 0.29) is 5.78 Å². The average Bonchev–Trinajstić information content (AvgIpc) is 3.17. The molecule has 3 heteroatoms. The van der Waals surface area contributed by atoms with Gasteiger partial charge in [0.25, 0.3) is 0 Å². The molecule has 0 bridgehead atoms. The molecule has 1 N–H and O–H groups in total. The van der Waals surface area contributed by atoms with Gasteiger partial charge in [0.15, 0.2) is 5.78 Å². The van der Waals surface area contributed by atoms with Gasteiger partial charge in [-0.05, 0) is 28.5 Å². The van der Waals surface area contributed by atoms with Gasteiger partial charge in [0.05, 0.1) is 7.11 Å². The summed E-state index contributed by atoms with van der Waals surface area (Å²) < 4.78 is 5.30. The molecule has 4 aromatic rings. The number of hydrogen-bond donors (Lipinski definition) is 1. The lowest BCUT2D eigenvalue weighted by Crippen LogP contribution is -2.02. The smallest absolute Gasteiger partial charge is 0.195 e. The van der Waals surface area contributed by atoms with Crippen molar-refractivity contribution in [3.8, 4) is 16.9 Å². The van der Waals surface area contributed by atoms with E-state index in [9.17, 15) is 4.79 Å². The Morgan fingerprint density at radius 1 is 0.880 bits per heavy atom. The number of methoxy groups -OCH3 is 1. The van der Waals surface area contributed by atoms with Gasteiger partial charge in [0, 0.05) is 29.1 Å². The third-order valence-corrected chi connectivity index (χ3v) is 4.41. The van der Waals surface area contributed by atoms with Crippen molar-refractivity contribution in [1.29, 1.82) is 0 Å². The molecule has 0 aliphatic heterocycles. The van der Waals surface area contributed by atoms with E-state index < -0.39 is 0 Å². The first kappa shape index (κ1) is 15.2. The number of nitrogens with one attached hydrogen (secondary N) is 1. The van der Waals surface area contributed by atoms with Crippen molar-refractivity contribution in [2.75, 3.05) is 7.11 Å². The first-order valence-corrected chi connectivity index (χ1v) is 8.11. The second kappa shape index (κ2) is 6.29. The lowest BCUT2D eigenvalue weighted by molar-refractivity contribution is 0.104. The Morgan fingerprint density at radius 2 is 1.68 bits per heavy atom. The van der Waals surface area contributed by atoms with Gasteiger partial charge in [0.1, 0.15) is 5.75 Å². The Bertz CT molecular complexity index is 1060. The maximum absolute atomic E-state index is 13.2. The van der Waals surface area contributed by atoms with Crippen molar-refractivity contribution >= 4 is 16.6 Å². The minimum atomic E-state index is 0.0101. The molecule has 122 valence electrons. The Kier molecular flexibility index (Phi) is 3.82. The number of carbonyl (C=O) groups is 1. The number of ether oxygens (including phenoxy) is 1. The van der Waals surface area contributed by atoms with Crippen molar-refractivity contribution in [2.45, 2.75) is 0 Å². The summed E-state index contributed by atoms with van der Waals surface area (Å²) in [6, 6.07) is 21.5. The molecule has 0 saturated carbocycles. The van der Waals surface area contributed by atoms with E-state index in [0.29, 0.717) is 11.1 Å². The summed E-state index contributed by atoms with van der Waals surface area (Å²) in [6.45, 7) is 0. The van der Waals surface area contributed by atoms with Gasteiger partial charge in [-0.25, -0.2) is 0 Å². The zero-order chi connectivity index (χ0) is 17.2. The summed E-state index contributed by atoms with van der Waals surface area (Å²) in [4.78, 5) is 16.3. The van der Waals surface area contributed by atoms with Crippen LogP contribution in [0.15, 0.2) is 79.1 Å². The molecule has 0 amide bonds. The highest BCUT2D eigenvalue weighted by atomic mass is 16.5. The summed E-state index contributed by atoms with van der Waals surface area (Å²) in [5, 5.41) is 2.03. The van der Waals surface area contributed by atoms with E-state index in [2.05, 4.69) is 4.98 Å². The maximum Gasteiger partial charge on any atom is 0.195 e. The highest BCUT2D eigenvalue weighted by Gasteiger charge is 2.18. The van der Waals surface area contributed by atoms with E-state index in [4.69, 9.17) is 4.74 Å². The van der Waals surface area contributed by atoms with Crippen LogP contribution in [0.3, 0.4) is 0 Å². The van der Waals surface area contributed by atoms with Gasteiger partial charge in [-0.1, -0.05) is 54.6 Å². The van der Waals surface area contributed by atoms with Crippen molar-refractivity contribution < 1.29 is 9.53 Å². The molecule has 0 aliphatic carbocycles. The van der Waals surface area contributed by atoms with E-state index in [0.717, 1.165) is 27.6 Å². The second-order valence-electron chi connectivity index (χ2n) is 5.87. The normalized spacial score (nSPS) is 10.8. The van der Waals surface area contributed by atoms with Gasteiger partial charge in [0.2, 0.25) is 0 Å². The first-order valence-electron chi connectivity index (χ1n) is 8.11. The van der Waals surface area contributed by atoms with Crippen LogP contribution < -0.4 is 4.74 Å². The molecular formula is C22H17NO2. The van der Waals surface area contributed by atoms with Crippen LogP contribution in [0.2, 0.25) is 0 Å². The second-order valence-corrected chi connectivity index (χ2v) is 5.87. The number of carbonyl (C=O) groups excluding carboxylic acids is 1. The number of ketones is 1. The van der Waals surface area contributed by atoms with Gasteiger partial charge in [-0.2, -0.15) is 0 Å². The Balaban J connectivity index is 1.83. The van der Waals surface area contributed by atoms with Crippen molar-refractivity contribution in [3.05, 3.63) is 90.3 Å². The summed E-state index contributed by atoms with van der Waals surface area (Å²) in [5.41, 5.74) is 3.19. The van der Waals surface area contributed by atoms with Crippen LogP contribution >= 0.6 is 0 Å². The summed E-state index contributed by atoms with van der Waals surface area (Å²) in [6.07, 6.45) is 3.62. The number of H-pyrrole nitrogens is 1. The lowest BCUT2D eigenvalue weighted by atomic mass is 9.94. The highest BCUT2D eigenvalue weighted by molar-refractivity contribution is 6.18. The third-order valence-electron chi connectivity index (χ3n) is 4.41. The van der Waals surface area contributed by atoms with Gasteiger partial charge in [-0.15, -0.1) is 0 Å². The number of aromatic nitrogens is 1. The van der Waals surface area contributed by atoms with E-state index in [1.807, 2.05) is 72.9 Å². The van der Waals surface area contributed by atoms with Crippen LogP contribution in [-0.4, -0.2) is 17.9 Å². The van der Waals surface area contributed by atoms with E-state index in [1.54, 1.807) is 13.3 Å². The zero-order valence-electron chi connectivity index (χ0n) is 13.8. The number of fused-ring (bicyclic) bond motifs is 1. The van der Waals surface area contributed by atoms with Crippen LogP contribution in [-0.2, 0) is 0 Å². The van der Waals surface area contributed by atoms with Crippen LogP contribution in [0.25, 0.3) is 21.9 Å². The topological polar surface area (TPSA) is 42.1 Å². The monoisotopic (exact) mass is 327 g/mol. The average molecular weight is 327 g/mol. The lowest BCUT2D eigenvalue weighted by Gasteiger charge is -2.08. The molecule has 1 heterocycles. The molecule has 3 aromatic carbocycles. The molecule has 0 saturated heterocycles. The van der Waals surface area contributed by atoms with Crippen LogP contribution in [0.4, 0.5) is 0 Å². The minimum Gasteiger partial charge on any atom is -0.497 e. The fourth-order valence-corrected chi connectivity index (χ4v) is 3.15. The van der Waals surface area contributed by atoms with Gasteiger partial charge in [-0.3, -0.25) is 4.79 Å². The highest BCUT2D eigenvalue weighted by Crippen LogP contribution is 2.30. The molecule has 0 radical (unpaired) electrons. The number of hydrogen-bond acceptors (Lipinski definition) is 2. The zero-order valence-corrected chi connectivity index (χ0v) is 13.8. The van der Waals surface area contributed by atoms with E-state index in [1.165, 1.54) is 0 Å². The largest absolute Gasteiger partial charge is 0.497 e. The van der Waals surface area contributed by atoms with Crippen molar-refractivity contribution in [3.63, 3.8) is 0 Å². The standard InChI is InChI=1S/C22H17NO2/c1-25-17-9-4-8-16(12-17)20-13-23-14-21(20)22(24)19-11-5-7-15-6-2-3-10-18(15)19/h2-14,23H,1H3. The summed E-state index contributed by atoms with van der Waals surface area (Å²) >= 11 is 0. The number of aromatic amines is 1. The fraction of sp³-hybridized carbons (Fsp3) is 0.0455. The van der Waals surface area contributed by atoms with Crippen LogP contribution in [0, 0.1) is 0 Å². The molecule has 0 unspecified atom stereocenters. The molecule has 3 nitrogen and oxygen atoms in total. The van der Waals surface area contributed by atoms with Gasteiger partial charge >= 0.3 is 0 Å².